The number of pyridine rings is 1. The van der Waals surface area contributed by atoms with E-state index in [0.29, 0.717) is 5.56 Å². The Morgan fingerprint density at radius 3 is 2.34 bits per heavy atom. The molecule has 0 saturated carbocycles. The quantitative estimate of drug-likeness (QED) is 0.187. The molecule has 1 aromatic rings. The zero-order chi connectivity index (χ0) is 25.4. The molecule has 15 nitrogen and oxygen atoms in total. The number of ether oxygens (including phenoxy) is 4. The lowest BCUT2D eigenvalue weighted by atomic mass is 10.1. The highest BCUT2D eigenvalue weighted by atomic mass is 79.9. The van der Waals surface area contributed by atoms with Crippen LogP contribution in [0.15, 0.2) is 22.9 Å². The predicted octanol–water partition coefficient (Wildman–Crippen LogP) is 0.963. The molecule has 0 amide bonds. The van der Waals surface area contributed by atoms with Crippen LogP contribution in [0.5, 0.6) is 0 Å². The highest BCUT2D eigenvalue weighted by molar-refractivity contribution is 9.10. The number of hydrogen-bond acceptors (Lipinski definition) is 13. The van der Waals surface area contributed by atoms with E-state index in [9.17, 15) is 29.8 Å². The second-order valence-corrected chi connectivity index (χ2v) is 8.62. The number of carbonyl (C=O) groups excluding carboxylic acids is 2. The topological polar surface area (TPSA) is 189 Å². The molecule has 0 radical (unpaired) electrons. The fraction of sp³-hybridized carbons (Fsp3) is 0.632. The molecule has 2 aliphatic rings. The summed E-state index contributed by atoms with van der Waals surface area (Å²) in [4.78, 5) is 57.7. The summed E-state index contributed by atoms with van der Waals surface area (Å²) in [5, 5.41) is 18.6. The fourth-order valence-electron chi connectivity index (χ4n) is 3.69. The monoisotopic (exact) mass is 563 g/mol. The summed E-state index contributed by atoms with van der Waals surface area (Å²) in [6, 6.07) is 1.75. The zero-order valence-corrected chi connectivity index (χ0v) is 19.8. The molecule has 0 bridgehead atoms. The minimum Gasteiger partial charge on any atom is -0.457 e. The van der Waals surface area contributed by atoms with E-state index < -0.39 is 59.2 Å². The molecule has 0 unspecified atom stereocenters. The van der Waals surface area contributed by atoms with Gasteiger partial charge in [-0.15, -0.1) is 20.2 Å². The van der Waals surface area contributed by atoms with Crippen molar-refractivity contribution in [2.75, 3.05) is 19.8 Å². The Bertz CT molecular complexity index is 934. The van der Waals surface area contributed by atoms with Gasteiger partial charge in [0.1, 0.15) is 24.9 Å². The number of aromatic nitrogens is 1. The summed E-state index contributed by atoms with van der Waals surface area (Å²) in [6.07, 6.45) is -0.654. The van der Waals surface area contributed by atoms with Gasteiger partial charge >= 0.3 is 11.9 Å². The van der Waals surface area contributed by atoms with E-state index in [1.54, 1.807) is 18.5 Å². The van der Waals surface area contributed by atoms with Crippen molar-refractivity contribution in [1.29, 1.82) is 0 Å². The molecule has 2 aliphatic heterocycles. The number of rotatable bonds is 13. The van der Waals surface area contributed by atoms with E-state index in [1.165, 1.54) is 0 Å². The largest absolute Gasteiger partial charge is 0.457 e. The van der Waals surface area contributed by atoms with Crippen molar-refractivity contribution in [3.8, 4) is 0 Å². The van der Waals surface area contributed by atoms with Gasteiger partial charge in [0.25, 0.3) is 10.2 Å². The Morgan fingerprint density at radius 2 is 1.74 bits per heavy atom. The molecule has 192 valence electrons. The number of hydrogen-bond donors (Lipinski definition) is 0. The van der Waals surface area contributed by atoms with Crippen molar-refractivity contribution in [2.45, 2.75) is 56.2 Å². The Kier molecular flexibility index (Phi) is 9.50. The summed E-state index contributed by atoms with van der Waals surface area (Å²) in [7, 11) is 0. The average Bonchev–Trinajstić information content (AvgIpc) is 3.35. The minimum absolute atomic E-state index is 0.0204. The first-order chi connectivity index (χ1) is 16.7. The summed E-state index contributed by atoms with van der Waals surface area (Å²) >= 11 is 3.29. The van der Waals surface area contributed by atoms with Gasteiger partial charge in [0, 0.05) is 23.3 Å². The van der Waals surface area contributed by atoms with Gasteiger partial charge in [-0.05, 0) is 40.4 Å². The molecule has 2 saturated heterocycles. The van der Waals surface area contributed by atoms with Crippen molar-refractivity contribution < 1.29 is 48.4 Å². The molecule has 0 aromatic carbocycles. The first-order valence-corrected chi connectivity index (χ1v) is 11.3. The van der Waals surface area contributed by atoms with Crippen molar-refractivity contribution >= 4 is 27.9 Å². The summed E-state index contributed by atoms with van der Waals surface area (Å²) in [5.74, 6) is -1.09. The third-order valence-corrected chi connectivity index (χ3v) is 5.58. The van der Waals surface area contributed by atoms with Gasteiger partial charge < -0.3 is 28.6 Å². The molecule has 2 fully saturated rings. The van der Waals surface area contributed by atoms with Gasteiger partial charge in [0.2, 0.25) is 0 Å². The number of fused-ring (bicyclic) bond motifs is 1. The smallest absolute Gasteiger partial charge is 0.310 e. The Morgan fingerprint density at radius 1 is 1.09 bits per heavy atom. The third-order valence-electron chi connectivity index (χ3n) is 5.15. The molecule has 5 atom stereocenters. The average molecular weight is 564 g/mol. The van der Waals surface area contributed by atoms with Gasteiger partial charge in [0.05, 0.1) is 19.6 Å². The lowest BCUT2D eigenvalue weighted by Crippen LogP contribution is -2.36. The molecular weight excluding hydrogens is 542 g/mol. The highest BCUT2D eigenvalue weighted by Gasteiger charge is 2.51. The standard InChI is InChI=1S/C19H22BrN3O12/c20-12-4-11(6-21-7-12)5-17(25)34-15-10-31-18-14(9-30-19(15)18)33-16(24)3-1-2-13(35-23(28)29)8-32-22(26)27/h4,6-7,13-15,18-19H,1-3,5,8-10H2/t13-,14+,15+,18+,19+/m0/s1. The molecule has 16 heteroatoms. The van der Waals surface area contributed by atoms with E-state index in [0.717, 1.165) is 4.47 Å². The van der Waals surface area contributed by atoms with Gasteiger partial charge in [0.15, 0.2) is 12.2 Å². The summed E-state index contributed by atoms with van der Waals surface area (Å²) in [5.41, 5.74) is 0.676. The van der Waals surface area contributed by atoms with E-state index in [2.05, 4.69) is 30.6 Å². The van der Waals surface area contributed by atoms with Crippen LogP contribution in [0.2, 0.25) is 0 Å². The first kappa shape index (κ1) is 26.5. The van der Waals surface area contributed by atoms with Crippen LogP contribution in [0, 0.1) is 20.2 Å². The lowest BCUT2D eigenvalue weighted by Gasteiger charge is -2.18. The van der Waals surface area contributed by atoms with Crippen LogP contribution in [0.25, 0.3) is 0 Å². The normalized spacial score (nSPS) is 23.7. The van der Waals surface area contributed by atoms with Gasteiger partial charge in [-0.3, -0.25) is 14.6 Å². The SMILES string of the molecule is O=C(CCC[C@@H](CO[N+](=O)[O-])O[N+](=O)[O-])O[C@@H]1CO[C@H]2[C@@H]1OC[C@H]2OC(=O)Cc1cncc(Br)c1. The van der Waals surface area contributed by atoms with Crippen molar-refractivity contribution in [3.05, 3.63) is 48.7 Å². The first-order valence-electron chi connectivity index (χ1n) is 10.5. The van der Waals surface area contributed by atoms with Crippen LogP contribution in [0.4, 0.5) is 0 Å². The predicted molar refractivity (Wildman–Crippen MR) is 114 cm³/mol. The van der Waals surface area contributed by atoms with E-state index in [1.807, 2.05) is 0 Å². The van der Waals surface area contributed by atoms with Gasteiger partial charge in [-0.1, -0.05) is 0 Å². The van der Waals surface area contributed by atoms with Crippen LogP contribution >= 0.6 is 15.9 Å². The Labute approximate surface area is 206 Å². The van der Waals surface area contributed by atoms with Crippen molar-refractivity contribution in [1.82, 2.24) is 4.98 Å². The zero-order valence-electron chi connectivity index (χ0n) is 18.2. The maximum Gasteiger partial charge on any atom is 0.310 e. The van der Waals surface area contributed by atoms with E-state index >= 15 is 0 Å². The fourth-order valence-corrected chi connectivity index (χ4v) is 4.11. The Hall–Kier alpha value is -3.11. The van der Waals surface area contributed by atoms with Gasteiger partial charge in [-0.25, -0.2) is 0 Å². The second kappa shape index (κ2) is 12.6. The van der Waals surface area contributed by atoms with Crippen LogP contribution in [-0.2, 0) is 44.6 Å². The molecule has 0 spiro atoms. The van der Waals surface area contributed by atoms with Crippen molar-refractivity contribution in [3.63, 3.8) is 0 Å². The number of esters is 2. The molecule has 3 rings (SSSR count). The van der Waals surface area contributed by atoms with Crippen LogP contribution in [0.1, 0.15) is 24.8 Å². The van der Waals surface area contributed by atoms with E-state index in [4.69, 9.17) is 18.9 Å². The maximum atomic E-state index is 12.3. The van der Waals surface area contributed by atoms with Crippen LogP contribution in [-0.4, -0.2) is 77.4 Å². The molecule has 0 aliphatic carbocycles. The van der Waals surface area contributed by atoms with E-state index in [-0.39, 0.29) is 38.9 Å². The molecule has 1 aromatic heterocycles. The summed E-state index contributed by atoms with van der Waals surface area (Å²) in [6.45, 7) is -0.508. The number of carbonyl (C=O) groups is 2. The number of halogens is 1. The molecule has 35 heavy (non-hydrogen) atoms. The Balaban J connectivity index is 1.40. The van der Waals surface area contributed by atoms with Crippen LogP contribution in [0.3, 0.4) is 0 Å². The van der Waals surface area contributed by atoms with Crippen LogP contribution < -0.4 is 0 Å². The maximum absolute atomic E-state index is 12.3. The molecule has 0 N–H and O–H groups in total. The second-order valence-electron chi connectivity index (χ2n) is 7.70. The van der Waals surface area contributed by atoms with Crippen molar-refractivity contribution in [2.24, 2.45) is 0 Å². The third kappa shape index (κ3) is 8.25. The lowest BCUT2D eigenvalue weighted by molar-refractivity contribution is -0.790. The highest BCUT2D eigenvalue weighted by Crippen LogP contribution is 2.31. The number of nitrogens with zero attached hydrogens (tertiary/aromatic N) is 3. The summed E-state index contributed by atoms with van der Waals surface area (Å²) < 4.78 is 22.9. The minimum atomic E-state index is -1.20. The molecular formula is C19H22BrN3O12. The molecule has 3 heterocycles. The van der Waals surface area contributed by atoms with Gasteiger partial charge in [-0.2, -0.15) is 0 Å².